The molecule has 1 aromatic heterocycles. The van der Waals surface area contributed by atoms with Gasteiger partial charge < -0.3 is 9.30 Å². The van der Waals surface area contributed by atoms with Gasteiger partial charge in [0, 0.05) is 29.1 Å². The first kappa shape index (κ1) is 18.5. The zero-order valence-electron chi connectivity index (χ0n) is 15.3. The largest absolute Gasteiger partial charge is 0.493 e. The van der Waals surface area contributed by atoms with Crippen LogP contribution >= 0.6 is 0 Å². The van der Waals surface area contributed by atoms with E-state index in [1.807, 2.05) is 51.1 Å². The third-order valence-electron chi connectivity index (χ3n) is 4.15. The summed E-state index contributed by atoms with van der Waals surface area (Å²) in [6.07, 6.45) is 2.60. The number of hydrogen-bond acceptors (Lipinski definition) is 3. The second-order valence-electron chi connectivity index (χ2n) is 5.91. The SMILES string of the molecule is CCCn1c(C)cc(C(=O)/C(C#N)=C/c2ccccc2OCC)c1C. The Hall–Kier alpha value is -2.80. The molecule has 0 saturated carbocycles. The molecule has 0 aliphatic carbocycles. The first-order chi connectivity index (χ1) is 12.0. The van der Waals surface area contributed by atoms with E-state index in [0.29, 0.717) is 17.9 Å². The number of nitrogens with zero attached hydrogens (tertiary/aromatic N) is 2. The van der Waals surface area contributed by atoms with Crippen LogP contribution in [0.2, 0.25) is 0 Å². The minimum atomic E-state index is -0.246. The van der Waals surface area contributed by atoms with Crippen molar-refractivity contribution in [2.75, 3.05) is 6.61 Å². The fraction of sp³-hybridized carbons (Fsp3) is 0.333. The smallest absolute Gasteiger partial charge is 0.205 e. The molecular formula is C21H24N2O2. The van der Waals surface area contributed by atoms with E-state index in [-0.39, 0.29) is 11.4 Å². The molecule has 0 unspecified atom stereocenters. The van der Waals surface area contributed by atoms with E-state index >= 15 is 0 Å². The van der Waals surface area contributed by atoms with Crippen LogP contribution in [0.15, 0.2) is 35.9 Å². The monoisotopic (exact) mass is 336 g/mol. The lowest BCUT2D eigenvalue weighted by Crippen LogP contribution is -2.06. The molecule has 2 rings (SSSR count). The molecule has 1 aromatic carbocycles. The van der Waals surface area contributed by atoms with Gasteiger partial charge in [-0.15, -0.1) is 0 Å². The summed E-state index contributed by atoms with van der Waals surface area (Å²) < 4.78 is 7.70. The maximum absolute atomic E-state index is 12.9. The third-order valence-corrected chi connectivity index (χ3v) is 4.15. The number of aromatic nitrogens is 1. The number of ether oxygens (including phenoxy) is 1. The number of nitriles is 1. The summed E-state index contributed by atoms with van der Waals surface area (Å²) in [4.78, 5) is 12.9. The molecule has 130 valence electrons. The third kappa shape index (κ3) is 4.00. The number of para-hydroxylation sites is 1. The van der Waals surface area contributed by atoms with Gasteiger partial charge in [-0.25, -0.2) is 0 Å². The van der Waals surface area contributed by atoms with Crippen molar-refractivity contribution in [2.45, 2.75) is 40.7 Å². The van der Waals surface area contributed by atoms with E-state index < -0.39 is 0 Å². The summed E-state index contributed by atoms with van der Waals surface area (Å²) >= 11 is 0. The van der Waals surface area contributed by atoms with Crippen LogP contribution in [0.25, 0.3) is 6.08 Å². The van der Waals surface area contributed by atoms with Gasteiger partial charge >= 0.3 is 0 Å². The summed E-state index contributed by atoms with van der Waals surface area (Å²) in [5.41, 5.74) is 3.38. The molecular weight excluding hydrogens is 312 g/mol. The molecule has 4 nitrogen and oxygen atoms in total. The van der Waals surface area contributed by atoms with E-state index in [1.165, 1.54) is 0 Å². The molecule has 0 fully saturated rings. The predicted molar refractivity (Wildman–Crippen MR) is 99.7 cm³/mol. The Bertz CT molecular complexity index is 838. The van der Waals surface area contributed by atoms with Crippen LogP contribution in [0.4, 0.5) is 0 Å². The van der Waals surface area contributed by atoms with E-state index in [2.05, 4.69) is 17.6 Å². The Morgan fingerprint density at radius 2 is 2.00 bits per heavy atom. The topological polar surface area (TPSA) is 55.0 Å². The van der Waals surface area contributed by atoms with Gasteiger partial charge in [0.05, 0.1) is 6.61 Å². The van der Waals surface area contributed by atoms with Gasteiger partial charge in [-0.1, -0.05) is 25.1 Å². The first-order valence-electron chi connectivity index (χ1n) is 8.58. The van der Waals surface area contributed by atoms with E-state index in [1.54, 1.807) is 6.08 Å². The van der Waals surface area contributed by atoms with Gasteiger partial charge in [0.25, 0.3) is 0 Å². The lowest BCUT2D eigenvalue weighted by molar-refractivity contribution is 0.103. The highest BCUT2D eigenvalue weighted by atomic mass is 16.5. The van der Waals surface area contributed by atoms with E-state index in [0.717, 1.165) is 29.9 Å². The van der Waals surface area contributed by atoms with Crippen molar-refractivity contribution in [3.8, 4) is 11.8 Å². The number of Topliss-reactive ketones (excluding diaryl/α,β-unsaturated/α-hetero) is 1. The molecule has 0 atom stereocenters. The maximum Gasteiger partial charge on any atom is 0.205 e. The Morgan fingerprint density at radius 3 is 2.64 bits per heavy atom. The van der Waals surface area contributed by atoms with Gasteiger partial charge in [0.2, 0.25) is 5.78 Å². The van der Waals surface area contributed by atoms with Crippen LogP contribution in [0, 0.1) is 25.2 Å². The zero-order chi connectivity index (χ0) is 18.4. The molecule has 0 aliphatic heterocycles. The molecule has 0 saturated heterocycles. The second kappa shape index (κ2) is 8.34. The quantitative estimate of drug-likeness (QED) is 0.418. The van der Waals surface area contributed by atoms with Crippen molar-refractivity contribution in [1.82, 2.24) is 4.57 Å². The fourth-order valence-electron chi connectivity index (χ4n) is 2.93. The number of rotatable bonds is 7. The molecule has 0 amide bonds. The molecule has 2 aromatic rings. The predicted octanol–water partition coefficient (Wildman–Crippen LogP) is 4.70. The molecule has 0 bridgehead atoms. The Morgan fingerprint density at radius 1 is 1.28 bits per heavy atom. The van der Waals surface area contributed by atoms with E-state index in [4.69, 9.17) is 4.74 Å². The molecule has 0 spiro atoms. The Kier molecular flexibility index (Phi) is 6.19. The molecule has 25 heavy (non-hydrogen) atoms. The lowest BCUT2D eigenvalue weighted by atomic mass is 10.0. The van der Waals surface area contributed by atoms with Crippen molar-refractivity contribution in [3.05, 3.63) is 58.4 Å². The van der Waals surface area contributed by atoms with Gasteiger partial charge in [-0.3, -0.25) is 4.79 Å². The average molecular weight is 336 g/mol. The minimum absolute atomic E-state index is 0.115. The Balaban J connectivity index is 2.44. The van der Waals surface area contributed by atoms with Crippen LogP contribution in [0.3, 0.4) is 0 Å². The fourth-order valence-corrected chi connectivity index (χ4v) is 2.93. The van der Waals surface area contributed by atoms with Crippen LogP contribution < -0.4 is 4.74 Å². The van der Waals surface area contributed by atoms with Gasteiger partial charge in [-0.2, -0.15) is 5.26 Å². The highest BCUT2D eigenvalue weighted by molar-refractivity contribution is 6.14. The number of ketones is 1. The summed E-state index contributed by atoms with van der Waals surface area (Å²) in [6, 6.07) is 11.3. The lowest BCUT2D eigenvalue weighted by Gasteiger charge is -2.08. The van der Waals surface area contributed by atoms with Crippen LogP contribution in [-0.4, -0.2) is 17.0 Å². The van der Waals surface area contributed by atoms with Crippen LogP contribution in [-0.2, 0) is 6.54 Å². The van der Waals surface area contributed by atoms with Crippen LogP contribution in [0.1, 0.15) is 47.6 Å². The highest BCUT2D eigenvalue weighted by Crippen LogP contribution is 2.24. The number of allylic oxidation sites excluding steroid dienone is 1. The molecule has 0 radical (unpaired) electrons. The number of hydrogen-bond donors (Lipinski definition) is 0. The summed E-state index contributed by atoms with van der Waals surface area (Å²) in [5, 5.41) is 9.52. The number of carbonyl (C=O) groups excluding carboxylic acids is 1. The standard InChI is InChI=1S/C21H24N2O2/c1-5-11-23-15(3)12-19(16(23)4)21(24)18(14-22)13-17-9-7-8-10-20(17)25-6-2/h7-10,12-13H,5-6,11H2,1-4H3/b18-13+. The van der Waals surface area contributed by atoms with Crippen molar-refractivity contribution in [1.29, 1.82) is 5.26 Å². The van der Waals surface area contributed by atoms with Crippen molar-refractivity contribution in [3.63, 3.8) is 0 Å². The molecule has 4 heteroatoms. The van der Waals surface area contributed by atoms with Crippen molar-refractivity contribution < 1.29 is 9.53 Å². The van der Waals surface area contributed by atoms with Crippen LogP contribution in [0.5, 0.6) is 5.75 Å². The normalized spacial score (nSPS) is 11.2. The molecule has 1 heterocycles. The molecule has 0 N–H and O–H groups in total. The number of aryl methyl sites for hydroxylation is 1. The maximum atomic E-state index is 12.9. The number of carbonyl (C=O) groups is 1. The van der Waals surface area contributed by atoms with Gasteiger partial charge in [0.15, 0.2) is 0 Å². The van der Waals surface area contributed by atoms with Gasteiger partial charge in [-0.05, 0) is 45.4 Å². The summed E-state index contributed by atoms with van der Waals surface area (Å²) in [7, 11) is 0. The summed E-state index contributed by atoms with van der Waals surface area (Å²) in [6.45, 7) is 9.31. The first-order valence-corrected chi connectivity index (χ1v) is 8.58. The van der Waals surface area contributed by atoms with E-state index in [9.17, 15) is 10.1 Å². The number of benzene rings is 1. The molecule has 0 aliphatic rings. The Labute approximate surface area is 149 Å². The zero-order valence-corrected chi connectivity index (χ0v) is 15.3. The van der Waals surface area contributed by atoms with Crippen molar-refractivity contribution in [2.24, 2.45) is 0 Å². The highest BCUT2D eigenvalue weighted by Gasteiger charge is 2.19. The average Bonchev–Trinajstić information content (AvgIpc) is 2.89. The summed E-state index contributed by atoms with van der Waals surface area (Å²) in [5.74, 6) is 0.422. The second-order valence-corrected chi connectivity index (χ2v) is 5.91. The minimum Gasteiger partial charge on any atom is -0.493 e. The van der Waals surface area contributed by atoms with Crippen molar-refractivity contribution >= 4 is 11.9 Å². The van der Waals surface area contributed by atoms with Gasteiger partial charge in [0.1, 0.15) is 17.4 Å².